The number of epoxide rings is 12. The van der Waals surface area contributed by atoms with E-state index < -0.39 is 5.41 Å². The maximum atomic E-state index is 6.04. The second-order valence-corrected chi connectivity index (χ2v) is 36.7. The molecule has 12 aromatic rings. The van der Waals surface area contributed by atoms with E-state index >= 15 is 0 Å². The van der Waals surface area contributed by atoms with E-state index in [1.54, 1.807) is 0 Å². The van der Waals surface area contributed by atoms with E-state index in [2.05, 4.69) is 221 Å². The Labute approximate surface area is 782 Å². The zero-order chi connectivity index (χ0) is 90.8. The van der Waals surface area contributed by atoms with Crippen molar-refractivity contribution in [1.82, 2.24) is 0 Å². The third kappa shape index (κ3) is 24.7. The maximum Gasteiger partial charge on any atom is 0.223 e. The first-order chi connectivity index (χ1) is 65.7. The third-order valence-corrected chi connectivity index (χ3v) is 25.4. The fraction of sp³-hybridized carbons (Fsp3) is 0.375. The highest BCUT2D eigenvalue weighted by molar-refractivity contribution is 5.93. The van der Waals surface area contributed by atoms with Gasteiger partial charge in [-0.25, -0.2) is 0 Å². The number of fused-ring (bicyclic) bond motifs is 4. The number of hydrogen-bond donors (Lipinski definition) is 0. The number of benzene rings is 12. The summed E-state index contributed by atoms with van der Waals surface area (Å²) < 4.78 is 120. The molecule has 0 radical (unpaired) electrons. The lowest BCUT2D eigenvalue weighted by molar-refractivity contribution is 0.181. The lowest BCUT2D eigenvalue weighted by Gasteiger charge is -2.34. The Bertz CT molecular complexity index is 5640. The molecule has 0 bridgehead atoms. The zero-order valence-electron chi connectivity index (χ0n) is 76.5. The van der Waals surface area contributed by atoms with Crippen LogP contribution in [0.15, 0.2) is 267 Å². The van der Waals surface area contributed by atoms with Crippen molar-refractivity contribution in [3.05, 3.63) is 323 Å². The van der Waals surface area contributed by atoms with Crippen LogP contribution in [0.3, 0.4) is 0 Å². The van der Waals surface area contributed by atoms with Crippen molar-refractivity contribution in [1.29, 1.82) is 0 Å². The van der Waals surface area contributed by atoms with Gasteiger partial charge in [-0.05, 0) is 182 Å². The van der Waals surface area contributed by atoms with Crippen LogP contribution in [0, 0.1) is 6.92 Å². The SMILES string of the molecule is C1CO1.CC(C)(c1ccc(OCC2CO2)cc1)c1ccc(OCC2CO2)cc1.Cc1cc(C(C)(C)c2ccc(OCC3CO3)c(CC3CO3)c2)ccc1OCC1CO1.c1cc(-c2ccc(OCC3CO3)cc2)ccc1OCC1CO1.c1cc(OC2CO2)c2cccc(OCC3CO3)c2c1.c1ccc2c(c1)-c1ccccc1C2(c1ccc(OCC2CO2)cc1)c1ccc(OCC2CO2)cc1. The minimum atomic E-state index is -0.427. The first kappa shape index (κ1) is 90.2. The van der Waals surface area contributed by atoms with Gasteiger partial charge >= 0.3 is 0 Å². The van der Waals surface area contributed by atoms with Gasteiger partial charge in [0.05, 0.1) is 90.8 Å². The molecule has 22 nitrogen and oxygen atoms in total. The van der Waals surface area contributed by atoms with Crippen LogP contribution in [0.5, 0.6) is 57.5 Å². The summed E-state index contributed by atoms with van der Waals surface area (Å²) in [6.07, 6.45) is 3.50. The van der Waals surface area contributed by atoms with Gasteiger partial charge in [-0.3, -0.25) is 0 Å². The molecule has 12 heterocycles. The Kier molecular flexibility index (Phi) is 27.8. The number of ether oxygens (including phenoxy) is 22. The molecule has 1 aliphatic carbocycles. The van der Waals surface area contributed by atoms with E-state index in [1.165, 1.54) is 61.2 Å². The second-order valence-electron chi connectivity index (χ2n) is 36.7. The van der Waals surface area contributed by atoms with E-state index in [4.69, 9.17) is 99.5 Å². The molecule has 11 atom stereocenters. The summed E-state index contributed by atoms with van der Waals surface area (Å²) in [5.74, 6) is 8.86. The van der Waals surface area contributed by atoms with Gasteiger partial charge in [0.25, 0.3) is 0 Å². The quantitative estimate of drug-likeness (QED) is 0.0327. The van der Waals surface area contributed by atoms with Gasteiger partial charge in [0.15, 0.2) is 0 Å². The van der Waals surface area contributed by atoms with Crippen molar-refractivity contribution >= 4 is 10.8 Å². The summed E-state index contributed by atoms with van der Waals surface area (Å²) in [4.78, 5) is 0. The van der Waals surface area contributed by atoms with Crippen molar-refractivity contribution in [2.45, 2.75) is 125 Å². The summed E-state index contributed by atoms with van der Waals surface area (Å²) in [5, 5.41) is 2.11. The second kappa shape index (κ2) is 41.3. The highest BCUT2D eigenvalue weighted by Crippen LogP contribution is 2.57. The van der Waals surface area contributed by atoms with Crippen LogP contribution in [-0.4, -0.2) is 213 Å². The van der Waals surface area contributed by atoms with E-state index in [9.17, 15) is 0 Å². The van der Waals surface area contributed by atoms with Gasteiger partial charge in [0.1, 0.15) is 178 Å². The van der Waals surface area contributed by atoms with Crippen molar-refractivity contribution in [2.24, 2.45) is 0 Å². The summed E-state index contributed by atoms with van der Waals surface area (Å²) in [6.45, 7) is 27.5. The molecule has 22 heteroatoms. The fourth-order valence-corrected chi connectivity index (χ4v) is 16.2. The van der Waals surface area contributed by atoms with Gasteiger partial charge in [0.2, 0.25) is 6.29 Å². The summed E-state index contributed by atoms with van der Waals surface area (Å²) in [7, 11) is 0. The van der Waals surface area contributed by atoms with E-state index in [1.807, 2.05) is 84.9 Å². The van der Waals surface area contributed by atoms with Gasteiger partial charge in [-0.1, -0.05) is 198 Å². The zero-order valence-corrected chi connectivity index (χ0v) is 76.5. The van der Waals surface area contributed by atoms with Gasteiger partial charge in [-0.15, -0.1) is 0 Å². The van der Waals surface area contributed by atoms with Gasteiger partial charge in [0, 0.05) is 28.0 Å². The first-order valence-corrected chi connectivity index (χ1v) is 46.9. The Morgan fingerprint density at radius 1 is 0.276 bits per heavy atom. The molecule has 12 saturated heterocycles. The maximum absolute atomic E-state index is 6.04. The standard InChI is InChI=1S/C31H26O4.C25H30O5.C21H24O4.C18H18O4.C15H14O4.C2H4O/c1-3-7-29-27(5-1)28-6-2-4-8-30(28)31(29,21-9-13-23(14-10-21)32-17-25-19-34-25)22-11-15-24(16-12-22)33-18-26-20-35-26;1-16-8-18(4-6-23(16)29-14-21-12-27-21)25(2,3)19-5-7-24(30-15-22-13-28-22)17(9-19)10-20-11-26-20;1-21(2,15-3-7-17(8-4-15)22-11-19-13-24-19)16-5-9-18(10-6-16)23-12-20-14-25-20;1-5-15(19-9-17-11-21-17)6-2-13(1)14-3-7-16(8-4-14)20-10-18-12-22-18;1-4-12-11(13(5-1)17-8-10-7-16-10)3-2-6-14(12)19-15-9-18-15;1-2-3-1/h1-16,25-26H,17-20H2;4-9,20-22H,10-15H2,1-3H3;3-10,19-20H,11-14H2,1-2H3;1-8,17-18H,9-12H2;1-6,10,15H,7-9H2;1-2H2. The molecule has 12 aromatic carbocycles. The Morgan fingerprint density at radius 2 is 0.575 bits per heavy atom. The molecular formula is C112H116O22. The highest BCUT2D eigenvalue weighted by Gasteiger charge is 2.47. The van der Waals surface area contributed by atoms with Crippen LogP contribution < -0.4 is 47.4 Å². The van der Waals surface area contributed by atoms with Crippen LogP contribution in [0.25, 0.3) is 33.0 Å². The number of hydrogen-bond acceptors (Lipinski definition) is 22. The van der Waals surface area contributed by atoms with Crippen LogP contribution in [-0.2, 0) is 79.5 Å². The van der Waals surface area contributed by atoms with Crippen LogP contribution in [0.1, 0.15) is 83.3 Å². The van der Waals surface area contributed by atoms with Crippen molar-refractivity contribution in [3.63, 3.8) is 0 Å². The summed E-state index contributed by atoms with van der Waals surface area (Å²) >= 11 is 0. The molecule has 13 aliphatic rings. The molecule has 0 spiro atoms. The smallest absolute Gasteiger partial charge is 0.223 e. The first-order valence-electron chi connectivity index (χ1n) is 46.9. The molecule has 0 amide bonds. The Hall–Kier alpha value is -11.6. The minimum Gasteiger partial charge on any atom is -0.491 e. The van der Waals surface area contributed by atoms with Crippen LogP contribution in [0.2, 0.25) is 0 Å². The molecule has 0 N–H and O–H groups in total. The molecular weight excluding hydrogens is 1700 g/mol. The normalized spacial score (nSPS) is 22.5. The highest BCUT2D eigenvalue weighted by atomic mass is 16.8. The van der Waals surface area contributed by atoms with E-state index in [0.717, 1.165) is 171 Å². The molecule has 11 unspecified atom stereocenters. The predicted octanol–water partition coefficient (Wildman–Crippen LogP) is 18.3. The summed E-state index contributed by atoms with van der Waals surface area (Å²) in [5.41, 5.74) is 16.6. The number of rotatable bonds is 38. The van der Waals surface area contributed by atoms with E-state index in [-0.39, 0.29) is 72.1 Å². The molecule has 12 aliphatic heterocycles. The molecule has 25 rings (SSSR count). The van der Waals surface area contributed by atoms with E-state index in [0.29, 0.717) is 72.2 Å². The van der Waals surface area contributed by atoms with Crippen molar-refractivity contribution in [2.75, 3.05) is 145 Å². The lowest BCUT2D eigenvalue weighted by Crippen LogP contribution is -2.28. The van der Waals surface area contributed by atoms with Gasteiger partial charge in [-0.2, -0.15) is 0 Å². The lowest BCUT2D eigenvalue weighted by atomic mass is 9.68. The fourth-order valence-electron chi connectivity index (χ4n) is 16.2. The summed E-state index contributed by atoms with van der Waals surface area (Å²) in [6, 6.07) is 92.6. The van der Waals surface area contributed by atoms with Crippen molar-refractivity contribution in [3.8, 4) is 79.7 Å². The third-order valence-electron chi connectivity index (χ3n) is 25.4. The Morgan fingerprint density at radius 3 is 0.933 bits per heavy atom. The predicted molar refractivity (Wildman–Crippen MR) is 506 cm³/mol. The van der Waals surface area contributed by atoms with Crippen LogP contribution in [0.4, 0.5) is 0 Å². The Balaban J connectivity index is 0.000000105. The monoisotopic (exact) mass is 1810 g/mol. The molecule has 12 fully saturated rings. The topological polar surface area (TPSA) is 243 Å². The van der Waals surface area contributed by atoms with Crippen LogP contribution >= 0.6 is 0 Å². The number of aryl methyl sites for hydroxylation is 1. The van der Waals surface area contributed by atoms with Crippen molar-refractivity contribution < 1.29 is 104 Å². The largest absolute Gasteiger partial charge is 0.491 e. The molecule has 696 valence electrons. The van der Waals surface area contributed by atoms with Gasteiger partial charge < -0.3 is 104 Å². The molecule has 0 saturated carbocycles. The minimum absolute atomic E-state index is 0.0870. The average Bonchev–Trinajstić information content (AvgIpc) is 1.54. The average molecular weight is 1810 g/mol. The molecule has 134 heavy (non-hydrogen) atoms. The molecule has 0 aromatic heterocycles.